The van der Waals surface area contributed by atoms with E-state index >= 15 is 0 Å². The van der Waals surface area contributed by atoms with Gasteiger partial charge in [0.2, 0.25) is 0 Å². The van der Waals surface area contributed by atoms with Gasteiger partial charge in [0.15, 0.2) is 0 Å². The lowest BCUT2D eigenvalue weighted by Crippen LogP contribution is -2.53. The Hall–Kier alpha value is -1.24. The molecule has 0 bridgehead atoms. The van der Waals surface area contributed by atoms with Gasteiger partial charge in [-0.15, -0.1) is 0 Å². The van der Waals surface area contributed by atoms with Crippen LogP contribution >= 0.6 is 0 Å². The number of nitrogens with two attached hydrogens (primary N) is 2. The summed E-state index contributed by atoms with van der Waals surface area (Å²) in [6.07, 6.45) is 4.27. The van der Waals surface area contributed by atoms with Crippen LogP contribution in [0.15, 0.2) is 18.5 Å². The van der Waals surface area contributed by atoms with Gasteiger partial charge in [-0.1, -0.05) is 4.98 Å². The minimum Gasteiger partial charge on any atom is -0.711 e. The van der Waals surface area contributed by atoms with Gasteiger partial charge in [0.05, 0.1) is 12.4 Å². The molecule has 82 valence electrons. The zero-order valence-corrected chi connectivity index (χ0v) is 8.34. The molecule has 0 radical (unpaired) electrons. The lowest BCUT2D eigenvalue weighted by Gasteiger charge is -2.30. The Kier molecular flexibility index (Phi) is 2.81. The Morgan fingerprint density at radius 1 is 1.47 bits per heavy atom. The first kappa shape index (κ1) is 10.3. The lowest BCUT2D eigenvalue weighted by atomic mass is 9.97. The molecule has 0 amide bonds. The van der Waals surface area contributed by atoms with E-state index < -0.39 is 0 Å². The predicted molar refractivity (Wildman–Crippen MR) is 54.3 cm³/mol. The molecule has 6 nitrogen and oxygen atoms in total. The van der Waals surface area contributed by atoms with E-state index in [2.05, 4.69) is 10.3 Å². The molecular formula is C9H15N5O. The first-order valence-electron chi connectivity index (χ1n) is 4.98. The topological polar surface area (TPSA) is 104 Å². The SMILES string of the molecule is NC1CC(N)NC(c2nccc[n+]2[O-])C1. The van der Waals surface area contributed by atoms with E-state index in [0.29, 0.717) is 12.2 Å². The monoisotopic (exact) mass is 209 g/mol. The number of rotatable bonds is 1. The summed E-state index contributed by atoms with van der Waals surface area (Å²) in [5.74, 6) is 0.433. The van der Waals surface area contributed by atoms with Gasteiger partial charge in [0.1, 0.15) is 12.2 Å². The Bertz CT molecular complexity index is 335. The second-order valence-corrected chi connectivity index (χ2v) is 3.86. The fourth-order valence-corrected chi connectivity index (χ4v) is 1.91. The van der Waals surface area contributed by atoms with Crippen molar-refractivity contribution >= 4 is 0 Å². The highest BCUT2D eigenvalue weighted by Gasteiger charge is 2.30. The number of hydrogen-bond donors (Lipinski definition) is 3. The Labute approximate surface area is 87.9 Å². The van der Waals surface area contributed by atoms with Crippen molar-refractivity contribution in [2.45, 2.75) is 31.1 Å². The molecule has 1 aliphatic heterocycles. The number of hydrogen-bond acceptors (Lipinski definition) is 5. The first-order valence-corrected chi connectivity index (χ1v) is 4.98. The molecule has 6 heteroatoms. The van der Waals surface area contributed by atoms with Gasteiger partial charge in [0, 0.05) is 12.1 Å². The summed E-state index contributed by atoms with van der Waals surface area (Å²) in [6.45, 7) is 0. The maximum Gasteiger partial charge on any atom is 0.318 e. The summed E-state index contributed by atoms with van der Waals surface area (Å²) in [7, 11) is 0. The molecule has 0 saturated carbocycles. The predicted octanol–water partition coefficient (Wildman–Crippen LogP) is -1.25. The Balaban J connectivity index is 2.20. The van der Waals surface area contributed by atoms with Gasteiger partial charge >= 0.3 is 5.82 Å². The summed E-state index contributed by atoms with van der Waals surface area (Å²) in [6, 6.07) is 1.47. The van der Waals surface area contributed by atoms with Crippen LogP contribution in [0.3, 0.4) is 0 Å². The van der Waals surface area contributed by atoms with Crippen molar-refractivity contribution in [1.29, 1.82) is 0 Å². The summed E-state index contributed by atoms with van der Waals surface area (Å²) in [5.41, 5.74) is 11.6. The van der Waals surface area contributed by atoms with Crippen LogP contribution in [0.5, 0.6) is 0 Å². The number of nitrogens with one attached hydrogen (secondary N) is 1. The van der Waals surface area contributed by atoms with Gasteiger partial charge in [-0.25, -0.2) is 4.73 Å². The summed E-state index contributed by atoms with van der Waals surface area (Å²) in [4.78, 5) is 4.05. The number of aromatic nitrogens is 2. The fourth-order valence-electron chi connectivity index (χ4n) is 1.91. The Morgan fingerprint density at radius 2 is 2.27 bits per heavy atom. The summed E-state index contributed by atoms with van der Waals surface area (Å²) < 4.78 is 0.752. The second kappa shape index (κ2) is 4.09. The molecule has 1 fully saturated rings. The molecule has 0 spiro atoms. The van der Waals surface area contributed by atoms with E-state index in [9.17, 15) is 5.21 Å². The molecule has 15 heavy (non-hydrogen) atoms. The molecule has 3 atom stereocenters. The molecule has 1 saturated heterocycles. The quantitative estimate of drug-likeness (QED) is 0.396. The highest BCUT2D eigenvalue weighted by molar-refractivity contribution is 4.95. The second-order valence-electron chi connectivity index (χ2n) is 3.86. The molecular weight excluding hydrogens is 194 g/mol. The molecule has 0 aliphatic carbocycles. The largest absolute Gasteiger partial charge is 0.711 e. The fraction of sp³-hybridized carbons (Fsp3) is 0.556. The minimum atomic E-state index is -0.166. The smallest absolute Gasteiger partial charge is 0.318 e. The average Bonchev–Trinajstić information content (AvgIpc) is 2.16. The van der Waals surface area contributed by atoms with Crippen molar-refractivity contribution < 1.29 is 4.73 Å². The first-order chi connectivity index (χ1) is 7.16. The van der Waals surface area contributed by atoms with Gasteiger partial charge in [0.25, 0.3) is 0 Å². The number of piperidine rings is 1. The molecule has 1 aliphatic rings. The van der Waals surface area contributed by atoms with Crippen LogP contribution in [0, 0.1) is 5.21 Å². The molecule has 2 rings (SSSR count). The Morgan fingerprint density at radius 3 is 2.93 bits per heavy atom. The van der Waals surface area contributed by atoms with E-state index in [1.165, 1.54) is 6.20 Å². The van der Waals surface area contributed by atoms with E-state index in [4.69, 9.17) is 11.5 Å². The summed E-state index contributed by atoms with van der Waals surface area (Å²) in [5, 5.41) is 14.6. The van der Waals surface area contributed by atoms with Gasteiger partial charge in [-0.3, -0.25) is 5.32 Å². The lowest BCUT2D eigenvalue weighted by molar-refractivity contribution is -0.620. The van der Waals surface area contributed by atoms with E-state index in [1.54, 1.807) is 12.3 Å². The zero-order chi connectivity index (χ0) is 10.8. The van der Waals surface area contributed by atoms with E-state index in [0.717, 1.165) is 11.2 Å². The van der Waals surface area contributed by atoms with E-state index in [-0.39, 0.29) is 18.2 Å². The highest BCUT2D eigenvalue weighted by Crippen LogP contribution is 2.19. The van der Waals surface area contributed by atoms with Crippen molar-refractivity contribution in [2.75, 3.05) is 0 Å². The third-order valence-electron chi connectivity index (χ3n) is 2.56. The van der Waals surface area contributed by atoms with E-state index in [1.807, 2.05) is 0 Å². The highest BCUT2D eigenvalue weighted by atomic mass is 16.5. The zero-order valence-electron chi connectivity index (χ0n) is 8.34. The van der Waals surface area contributed by atoms with Crippen LogP contribution in [0.25, 0.3) is 0 Å². The third-order valence-corrected chi connectivity index (χ3v) is 2.56. The van der Waals surface area contributed by atoms with Crippen molar-refractivity contribution in [2.24, 2.45) is 11.5 Å². The minimum absolute atomic E-state index is 0.0215. The standard InChI is InChI=1S/C9H15N5O/c10-6-4-7(13-8(11)5-6)9-12-2-1-3-14(9)15/h1-3,6-8,13H,4-5,10-11H2. The molecule has 1 aromatic heterocycles. The number of nitrogens with zero attached hydrogens (tertiary/aromatic N) is 2. The van der Waals surface area contributed by atoms with Crippen LogP contribution in [0.4, 0.5) is 0 Å². The van der Waals surface area contributed by atoms with Crippen LogP contribution in [-0.2, 0) is 0 Å². The van der Waals surface area contributed by atoms with Gasteiger partial charge in [-0.05, 0) is 12.8 Å². The summed E-state index contributed by atoms with van der Waals surface area (Å²) >= 11 is 0. The molecule has 0 aromatic carbocycles. The van der Waals surface area contributed by atoms with Crippen LogP contribution in [-0.4, -0.2) is 17.2 Å². The third kappa shape index (κ3) is 2.23. The van der Waals surface area contributed by atoms with Crippen molar-refractivity contribution in [3.05, 3.63) is 29.5 Å². The maximum atomic E-state index is 11.5. The maximum absolute atomic E-state index is 11.5. The molecule has 5 N–H and O–H groups in total. The van der Waals surface area contributed by atoms with Gasteiger partial charge in [-0.2, -0.15) is 0 Å². The molecule has 3 unspecified atom stereocenters. The van der Waals surface area contributed by atoms with Crippen molar-refractivity contribution in [3.63, 3.8) is 0 Å². The van der Waals surface area contributed by atoms with Crippen molar-refractivity contribution in [3.8, 4) is 0 Å². The van der Waals surface area contributed by atoms with Crippen LogP contribution in [0.1, 0.15) is 24.7 Å². The van der Waals surface area contributed by atoms with Gasteiger partial charge < -0.3 is 16.7 Å². The molecule has 1 aromatic rings. The average molecular weight is 209 g/mol. The van der Waals surface area contributed by atoms with Crippen LogP contribution < -0.4 is 21.5 Å². The molecule has 2 heterocycles. The normalized spacial score (nSPS) is 31.5. The van der Waals surface area contributed by atoms with Crippen LogP contribution in [0.2, 0.25) is 0 Å². The van der Waals surface area contributed by atoms with Crippen molar-refractivity contribution in [1.82, 2.24) is 10.3 Å².